The maximum atomic E-state index is 11.4. The Hall–Kier alpha value is -2.37. The Kier molecular flexibility index (Phi) is 7.56. The van der Waals surface area contributed by atoms with Crippen molar-refractivity contribution in [3.05, 3.63) is 35.4 Å². The second-order valence-electron chi connectivity index (χ2n) is 4.72. The molecule has 0 aliphatic rings. The number of unbranched alkanes of at least 4 members (excludes halogenated alkanes) is 1. The molecule has 0 bridgehead atoms. The number of carboxylic acids is 1. The molecule has 0 spiro atoms. The molecule has 1 aromatic rings. The van der Waals surface area contributed by atoms with E-state index >= 15 is 0 Å². The highest BCUT2D eigenvalue weighted by Gasteiger charge is 2.02. The van der Waals surface area contributed by atoms with Gasteiger partial charge in [-0.3, -0.25) is 9.59 Å². The quantitative estimate of drug-likeness (QED) is 0.276. The molecule has 1 rings (SSSR count). The first kappa shape index (κ1) is 16.7. The molecule has 0 aliphatic heterocycles. The summed E-state index contributed by atoms with van der Waals surface area (Å²) in [6, 6.07) is 7.93. The molecule has 0 fully saturated rings. The normalized spacial score (nSPS) is 10.7. The fraction of sp³-hybridized carbons (Fsp3) is 0.400. The van der Waals surface area contributed by atoms with Crippen LogP contribution < -0.4 is 11.2 Å². The highest BCUT2D eigenvalue weighted by molar-refractivity contribution is 5.79. The summed E-state index contributed by atoms with van der Waals surface area (Å²) >= 11 is 0. The van der Waals surface area contributed by atoms with E-state index in [1.165, 1.54) is 5.56 Å². The van der Waals surface area contributed by atoms with Crippen molar-refractivity contribution in [2.24, 2.45) is 10.9 Å². The Balaban J connectivity index is 2.15. The number of hydrogen-bond acceptors (Lipinski definition) is 4. The van der Waals surface area contributed by atoms with Gasteiger partial charge in [-0.2, -0.15) is 5.10 Å². The number of carboxylic acid groups (broad SMARTS) is 1. The average molecular weight is 291 g/mol. The van der Waals surface area contributed by atoms with Crippen LogP contribution in [-0.4, -0.2) is 29.7 Å². The minimum Gasteiger partial charge on any atom is -0.481 e. The molecular weight excluding hydrogens is 270 g/mol. The molecule has 0 aromatic heterocycles. The number of benzene rings is 1. The minimum absolute atomic E-state index is 0.0375. The first-order valence-electron chi connectivity index (χ1n) is 6.92. The fourth-order valence-corrected chi connectivity index (χ4v) is 1.87. The van der Waals surface area contributed by atoms with E-state index in [4.69, 9.17) is 10.9 Å². The van der Waals surface area contributed by atoms with E-state index in [1.807, 2.05) is 24.3 Å². The second kappa shape index (κ2) is 9.52. The number of aryl methyl sites for hydroxylation is 1. The van der Waals surface area contributed by atoms with Crippen molar-refractivity contribution >= 4 is 18.1 Å². The zero-order chi connectivity index (χ0) is 15.5. The third kappa shape index (κ3) is 7.71. The van der Waals surface area contributed by atoms with Crippen LogP contribution in [0.2, 0.25) is 0 Å². The lowest BCUT2D eigenvalue weighted by Crippen LogP contribution is -2.25. The SMILES string of the molecule is NN=Cc1ccc(CCCCC(=O)NCCC(=O)O)cc1. The molecule has 0 unspecified atom stereocenters. The highest BCUT2D eigenvalue weighted by Crippen LogP contribution is 2.08. The van der Waals surface area contributed by atoms with Gasteiger partial charge in [0.25, 0.3) is 0 Å². The Labute approximate surface area is 124 Å². The summed E-state index contributed by atoms with van der Waals surface area (Å²) < 4.78 is 0. The maximum absolute atomic E-state index is 11.4. The summed E-state index contributed by atoms with van der Waals surface area (Å²) in [6.45, 7) is 0.193. The molecular formula is C15H21N3O3. The largest absolute Gasteiger partial charge is 0.481 e. The standard InChI is InChI=1S/C15H21N3O3/c16-18-11-13-7-5-12(6-8-13)3-1-2-4-14(19)17-10-9-15(20)21/h5-8,11H,1-4,9-10,16H2,(H,17,19)(H,20,21). The van der Waals surface area contributed by atoms with Gasteiger partial charge in [-0.1, -0.05) is 24.3 Å². The molecule has 0 saturated heterocycles. The van der Waals surface area contributed by atoms with Gasteiger partial charge in [-0.25, -0.2) is 0 Å². The molecule has 1 amide bonds. The van der Waals surface area contributed by atoms with Gasteiger partial charge in [0, 0.05) is 13.0 Å². The molecule has 6 nitrogen and oxygen atoms in total. The average Bonchev–Trinajstić information content (AvgIpc) is 2.45. The summed E-state index contributed by atoms with van der Waals surface area (Å²) in [5, 5.41) is 14.5. The first-order valence-corrected chi connectivity index (χ1v) is 6.92. The van der Waals surface area contributed by atoms with Crippen LogP contribution in [0, 0.1) is 0 Å². The van der Waals surface area contributed by atoms with Crippen LogP contribution in [0.15, 0.2) is 29.4 Å². The number of nitrogens with two attached hydrogens (primary N) is 1. The summed E-state index contributed by atoms with van der Waals surface area (Å²) in [6.07, 6.45) is 4.58. The van der Waals surface area contributed by atoms with E-state index in [0.29, 0.717) is 6.42 Å². The van der Waals surface area contributed by atoms with Crippen LogP contribution in [0.5, 0.6) is 0 Å². The van der Waals surface area contributed by atoms with Gasteiger partial charge >= 0.3 is 5.97 Å². The minimum atomic E-state index is -0.904. The number of amides is 1. The number of hydrazone groups is 1. The van der Waals surface area contributed by atoms with Gasteiger partial charge in [-0.15, -0.1) is 0 Å². The number of rotatable bonds is 9. The van der Waals surface area contributed by atoms with Gasteiger partial charge < -0.3 is 16.3 Å². The number of carbonyl (C=O) groups excluding carboxylic acids is 1. The monoisotopic (exact) mass is 291 g/mol. The molecule has 4 N–H and O–H groups in total. The number of hydrogen-bond donors (Lipinski definition) is 3. The highest BCUT2D eigenvalue weighted by atomic mass is 16.4. The molecule has 0 heterocycles. The number of nitrogens with one attached hydrogen (secondary N) is 1. The van der Waals surface area contributed by atoms with Crippen LogP contribution >= 0.6 is 0 Å². The predicted molar refractivity (Wildman–Crippen MR) is 81.0 cm³/mol. The van der Waals surface area contributed by atoms with E-state index in [1.54, 1.807) is 6.21 Å². The lowest BCUT2D eigenvalue weighted by Gasteiger charge is -2.04. The Bertz CT molecular complexity index is 483. The van der Waals surface area contributed by atoms with Gasteiger partial charge in [0.2, 0.25) is 5.91 Å². The van der Waals surface area contributed by atoms with E-state index < -0.39 is 5.97 Å². The molecule has 0 saturated carbocycles. The number of carbonyl (C=O) groups is 2. The summed E-state index contributed by atoms with van der Waals surface area (Å²) in [5.74, 6) is 4.08. The molecule has 21 heavy (non-hydrogen) atoms. The molecule has 0 radical (unpaired) electrons. The summed E-state index contributed by atoms with van der Waals surface area (Å²) in [5.41, 5.74) is 2.16. The second-order valence-corrected chi connectivity index (χ2v) is 4.72. The van der Waals surface area contributed by atoms with Crippen LogP contribution in [0.3, 0.4) is 0 Å². The van der Waals surface area contributed by atoms with Crippen molar-refractivity contribution in [1.82, 2.24) is 5.32 Å². The van der Waals surface area contributed by atoms with Crippen LogP contribution in [-0.2, 0) is 16.0 Å². The van der Waals surface area contributed by atoms with Crippen molar-refractivity contribution in [2.75, 3.05) is 6.54 Å². The van der Waals surface area contributed by atoms with Gasteiger partial charge in [0.1, 0.15) is 0 Å². The smallest absolute Gasteiger partial charge is 0.305 e. The predicted octanol–water partition coefficient (Wildman–Crippen LogP) is 1.28. The Morgan fingerprint density at radius 2 is 1.90 bits per heavy atom. The molecule has 114 valence electrons. The van der Waals surface area contributed by atoms with Crippen LogP contribution in [0.1, 0.15) is 36.8 Å². The Morgan fingerprint density at radius 3 is 2.52 bits per heavy atom. The van der Waals surface area contributed by atoms with Gasteiger partial charge in [0.15, 0.2) is 0 Å². The third-order valence-corrected chi connectivity index (χ3v) is 2.98. The van der Waals surface area contributed by atoms with E-state index in [-0.39, 0.29) is 18.9 Å². The molecule has 0 aliphatic carbocycles. The van der Waals surface area contributed by atoms with Crippen molar-refractivity contribution in [3.63, 3.8) is 0 Å². The van der Waals surface area contributed by atoms with E-state index in [2.05, 4.69) is 10.4 Å². The van der Waals surface area contributed by atoms with Crippen LogP contribution in [0.4, 0.5) is 0 Å². The summed E-state index contributed by atoms with van der Waals surface area (Å²) in [4.78, 5) is 21.7. The van der Waals surface area contributed by atoms with Crippen molar-refractivity contribution in [3.8, 4) is 0 Å². The lowest BCUT2D eigenvalue weighted by atomic mass is 10.1. The fourth-order valence-electron chi connectivity index (χ4n) is 1.87. The van der Waals surface area contributed by atoms with Crippen LogP contribution in [0.25, 0.3) is 0 Å². The van der Waals surface area contributed by atoms with Gasteiger partial charge in [0.05, 0.1) is 12.6 Å². The zero-order valence-electron chi connectivity index (χ0n) is 11.9. The van der Waals surface area contributed by atoms with Crippen molar-refractivity contribution in [1.29, 1.82) is 0 Å². The zero-order valence-corrected chi connectivity index (χ0v) is 11.9. The van der Waals surface area contributed by atoms with Crippen molar-refractivity contribution in [2.45, 2.75) is 32.1 Å². The van der Waals surface area contributed by atoms with E-state index in [0.717, 1.165) is 24.8 Å². The maximum Gasteiger partial charge on any atom is 0.305 e. The van der Waals surface area contributed by atoms with E-state index in [9.17, 15) is 9.59 Å². The van der Waals surface area contributed by atoms with Crippen molar-refractivity contribution < 1.29 is 14.7 Å². The topological polar surface area (TPSA) is 105 Å². The molecule has 6 heteroatoms. The number of nitrogens with zero attached hydrogens (tertiary/aromatic N) is 1. The molecule has 1 aromatic carbocycles. The first-order chi connectivity index (χ1) is 10.1. The number of aliphatic carboxylic acids is 1. The Morgan fingerprint density at radius 1 is 1.19 bits per heavy atom. The third-order valence-electron chi connectivity index (χ3n) is 2.98. The molecule has 0 atom stereocenters. The summed E-state index contributed by atoms with van der Waals surface area (Å²) in [7, 11) is 0. The van der Waals surface area contributed by atoms with Gasteiger partial charge in [-0.05, 0) is 30.4 Å². The lowest BCUT2D eigenvalue weighted by molar-refractivity contribution is -0.136.